The van der Waals surface area contributed by atoms with Crippen LogP contribution in [-0.4, -0.2) is 27.5 Å². The number of methoxy groups -OCH3 is 1. The standard InChI is InChI=1S/C18H19ClN2O4S/c1-11-8-13-9-15(5-6-17(13)21(11)12(2)22)26(23,24)20-14-4-7-18(25-3)16(19)10-14/h4-7,9-11,20H,8H2,1-3H3/t11-/m1/s1. The molecule has 1 aliphatic rings. The van der Waals surface area contributed by atoms with E-state index in [0.29, 0.717) is 22.9 Å². The van der Waals surface area contributed by atoms with Crippen LogP contribution in [0.1, 0.15) is 19.4 Å². The predicted molar refractivity (Wildman–Crippen MR) is 102 cm³/mol. The van der Waals surface area contributed by atoms with Gasteiger partial charge in [0.25, 0.3) is 10.0 Å². The summed E-state index contributed by atoms with van der Waals surface area (Å²) < 4.78 is 33.0. The Hall–Kier alpha value is -2.25. The van der Waals surface area contributed by atoms with Crippen molar-refractivity contribution in [1.29, 1.82) is 0 Å². The number of anilines is 2. The van der Waals surface area contributed by atoms with Gasteiger partial charge < -0.3 is 9.64 Å². The van der Waals surface area contributed by atoms with Gasteiger partial charge in [-0.05, 0) is 55.3 Å². The minimum absolute atomic E-state index is 0.00816. The van der Waals surface area contributed by atoms with E-state index in [1.54, 1.807) is 29.2 Å². The van der Waals surface area contributed by atoms with Gasteiger partial charge in [-0.25, -0.2) is 8.42 Å². The second-order valence-corrected chi connectivity index (χ2v) is 8.28. The summed E-state index contributed by atoms with van der Waals surface area (Å²) in [4.78, 5) is 13.6. The molecule has 0 fully saturated rings. The van der Waals surface area contributed by atoms with Crippen molar-refractivity contribution in [2.45, 2.75) is 31.2 Å². The molecule has 1 atom stereocenters. The van der Waals surface area contributed by atoms with Crippen LogP contribution in [0.4, 0.5) is 11.4 Å². The summed E-state index contributed by atoms with van der Waals surface area (Å²) in [6.45, 7) is 3.44. The molecule has 0 bridgehead atoms. The van der Waals surface area contributed by atoms with E-state index in [1.165, 1.54) is 26.2 Å². The lowest BCUT2D eigenvalue weighted by molar-refractivity contribution is -0.116. The Morgan fingerprint density at radius 1 is 1.27 bits per heavy atom. The lowest BCUT2D eigenvalue weighted by atomic mass is 10.1. The topological polar surface area (TPSA) is 75.7 Å². The van der Waals surface area contributed by atoms with E-state index in [9.17, 15) is 13.2 Å². The number of halogens is 1. The number of benzene rings is 2. The molecule has 0 aromatic heterocycles. The number of hydrogen-bond donors (Lipinski definition) is 1. The molecule has 1 heterocycles. The van der Waals surface area contributed by atoms with Gasteiger partial charge in [0.05, 0.1) is 22.7 Å². The molecule has 138 valence electrons. The molecule has 2 aromatic carbocycles. The molecule has 0 saturated heterocycles. The van der Waals surface area contributed by atoms with Crippen LogP contribution in [0.3, 0.4) is 0 Å². The van der Waals surface area contributed by atoms with E-state index < -0.39 is 10.0 Å². The first-order valence-electron chi connectivity index (χ1n) is 8.02. The van der Waals surface area contributed by atoms with Gasteiger partial charge in [-0.15, -0.1) is 0 Å². The Morgan fingerprint density at radius 2 is 2.00 bits per heavy atom. The van der Waals surface area contributed by atoms with E-state index in [1.807, 2.05) is 6.92 Å². The van der Waals surface area contributed by atoms with Crippen LogP contribution < -0.4 is 14.4 Å². The Balaban J connectivity index is 1.90. The van der Waals surface area contributed by atoms with Crippen molar-refractivity contribution in [3.8, 4) is 5.75 Å². The average Bonchev–Trinajstić information content (AvgIpc) is 2.89. The highest BCUT2D eigenvalue weighted by molar-refractivity contribution is 7.92. The zero-order valence-electron chi connectivity index (χ0n) is 14.6. The fraction of sp³-hybridized carbons (Fsp3) is 0.278. The number of hydrogen-bond acceptors (Lipinski definition) is 4. The molecule has 0 saturated carbocycles. The Bertz CT molecular complexity index is 975. The molecule has 1 aliphatic heterocycles. The van der Waals surface area contributed by atoms with Gasteiger partial charge in [-0.1, -0.05) is 11.6 Å². The van der Waals surface area contributed by atoms with Crippen molar-refractivity contribution in [3.63, 3.8) is 0 Å². The maximum Gasteiger partial charge on any atom is 0.261 e. The highest BCUT2D eigenvalue weighted by Gasteiger charge is 2.30. The van der Waals surface area contributed by atoms with Gasteiger partial charge in [0.15, 0.2) is 0 Å². The third-order valence-corrected chi connectivity index (χ3v) is 5.99. The highest BCUT2D eigenvalue weighted by atomic mass is 35.5. The van der Waals surface area contributed by atoms with Gasteiger partial charge >= 0.3 is 0 Å². The fourth-order valence-electron chi connectivity index (χ4n) is 3.20. The second-order valence-electron chi connectivity index (χ2n) is 6.19. The number of carbonyl (C=O) groups excluding carboxylic acids is 1. The minimum atomic E-state index is -3.78. The highest BCUT2D eigenvalue weighted by Crippen LogP contribution is 2.34. The molecule has 1 amide bonds. The van der Waals surface area contributed by atoms with Crippen molar-refractivity contribution in [2.75, 3.05) is 16.7 Å². The summed E-state index contributed by atoms with van der Waals surface area (Å²) in [5.74, 6) is 0.406. The van der Waals surface area contributed by atoms with E-state index in [4.69, 9.17) is 16.3 Å². The Kier molecular flexibility index (Phi) is 4.86. The van der Waals surface area contributed by atoms with E-state index >= 15 is 0 Å². The molecule has 0 aliphatic carbocycles. The van der Waals surface area contributed by atoms with Gasteiger partial charge in [-0.2, -0.15) is 0 Å². The molecule has 1 N–H and O–H groups in total. The van der Waals surface area contributed by atoms with Crippen LogP contribution in [0.5, 0.6) is 5.75 Å². The number of fused-ring (bicyclic) bond motifs is 1. The smallest absolute Gasteiger partial charge is 0.261 e. The quantitative estimate of drug-likeness (QED) is 0.861. The number of amides is 1. The van der Waals surface area contributed by atoms with Crippen molar-refractivity contribution in [3.05, 3.63) is 47.0 Å². The maximum atomic E-state index is 12.7. The first-order chi connectivity index (χ1) is 12.2. The fourth-order valence-corrected chi connectivity index (χ4v) is 4.56. The van der Waals surface area contributed by atoms with Crippen LogP contribution in [0.15, 0.2) is 41.3 Å². The number of carbonyl (C=O) groups is 1. The summed E-state index contributed by atoms with van der Waals surface area (Å²) in [5, 5.41) is 0.313. The van der Waals surface area contributed by atoms with Gasteiger partial charge in [0.1, 0.15) is 5.75 Å². The molecule has 8 heteroatoms. The summed E-state index contributed by atoms with van der Waals surface area (Å²) in [7, 11) is -2.29. The molecule has 0 radical (unpaired) electrons. The minimum Gasteiger partial charge on any atom is -0.495 e. The Labute approximate surface area is 157 Å². The van der Waals surface area contributed by atoms with Crippen LogP contribution in [0.25, 0.3) is 0 Å². The molecular formula is C18H19ClN2O4S. The molecule has 0 unspecified atom stereocenters. The third-order valence-electron chi connectivity index (χ3n) is 4.32. The molecule has 3 rings (SSSR count). The summed E-state index contributed by atoms with van der Waals surface area (Å²) in [5.41, 5.74) is 1.94. The monoisotopic (exact) mass is 394 g/mol. The normalized spacial score (nSPS) is 16.3. The van der Waals surface area contributed by atoms with Crippen LogP contribution in [0.2, 0.25) is 5.02 Å². The summed E-state index contributed by atoms with van der Waals surface area (Å²) >= 11 is 6.05. The molecular weight excluding hydrogens is 376 g/mol. The zero-order valence-corrected chi connectivity index (χ0v) is 16.2. The molecule has 6 nitrogen and oxygen atoms in total. The van der Waals surface area contributed by atoms with Crippen molar-refractivity contribution in [1.82, 2.24) is 0 Å². The number of nitrogens with one attached hydrogen (secondary N) is 1. The molecule has 2 aromatic rings. The lowest BCUT2D eigenvalue weighted by Crippen LogP contribution is -2.33. The van der Waals surface area contributed by atoms with Crippen molar-refractivity contribution in [2.24, 2.45) is 0 Å². The second kappa shape index (κ2) is 6.81. The van der Waals surface area contributed by atoms with Crippen LogP contribution >= 0.6 is 11.6 Å². The van der Waals surface area contributed by atoms with E-state index in [2.05, 4.69) is 4.72 Å². The first-order valence-corrected chi connectivity index (χ1v) is 9.88. The average molecular weight is 395 g/mol. The molecule has 0 spiro atoms. The number of rotatable bonds is 4. The summed E-state index contributed by atoms with van der Waals surface area (Å²) in [6, 6.07) is 9.46. The van der Waals surface area contributed by atoms with Crippen molar-refractivity contribution >= 4 is 38.9 Å². The molecule has 26 heavy (non-hydrogen) atoms. The predicted octanol–water partition coefficient (Wildman–Crippen LogP) is 3.45. The Morgan fingerprint density at radius 3 is 2.62 bits per heavy atom. The maximum absolute atomic E-state index is 12.7. The van der Waals surface area contributed by atoms with Crippen molar-refractivity contribution < 1.29 is 17.9 Å². The van der Waals surface area contributed by atoms with E-state index in [0.717, 1.165) is 11.3 Å². The number of sulfonamides is 1. The van der Waals surface area contributed by atoms with E-state index in [-0.39, 0.29) is 16.8 Å². The van der Waals surface area contributed by atoms with Gasteiger partial charge in [-0.3, -0.25) is 9.52 Å². The van der Waals surface area contributed by atoms with Gasteiger partial charge in [0, 0.05) is 18.7 Å². The lowest BCUT2D eigenvalue weighted by Gasteiger charge is -2.20. The van der Waals surface area contributed by atoms with Gasteiger partial charge in [0.2, 0.25) is 5.91 Å². The first kappa shape index (κ1) is 18.5. The third kappa shape index (κ3) is 3.37. The van der Waals surface area contributed by atoms with Crippen LogP contribution in [-0.2, 0) is 21.2 Å². The largest absolute Gasteiger partial charge is 0.495 e. The summed E-state index contributed by atoms with van der Waals surface area (Å²) in [6.07, 6.45) is 0.618. The van der Waals surface area contributed by atoms with Crippen LogP contribution in [0, 0.1) is 0 Å². The number of ether oxygens (including phenoxy) is 1. The number of nitrogens with zero attached hydrogens (tertiary/aromatic N) is 1. The SMILES string of the molecule is COc1ccc(NS(=O)(=O)c2ccc3c(c2)C[C@@H](C)N3C(C)=O)cc1Cl. The zero-order chi connectivity index (χ0) is 19.1.